The highest BCUT2D eigenvalue weighted by atomic mass is 16.6. The lowest BCUT2D eigenvalue weighted by atomic mass is 10.1. The maximum Gasteiger partial charge on any atom is 0.433 e. The van der Waals surface area contributed by atoms with Gasteiger partial charge in [-0.25, -0.2) is 0 Å². The molecule has 1 aromatic heterocycles. The van der Waals surface area contributed by atoms with Crippen molar-refractivity contribution in [2.75, 3.05) is 13.1 Å². The van der Waals surface area contributed by atoms with Crippen LogP contribution in [-0.2, 0) is 17.9 Å². The Morgan fingerprint density at radius 1 is 1.19 bits per heavy atom. The predicted molar refractivity (Wildman–Crippen MR) is 99.3 cm³/mol. The molecule has 0 aliphatic carbocycles. The molecule has 2 rings (SSSR count). The highest BCUT2D eigenvalue weighted by Crippen LogP contribution is 2.16. The lowest BCUT2D eigenvalue weighted by Crippen LogP contribution is -2.25. The molecular formula is C19H23N3O4. The summed E-state index contributed by atoms with van der Waals surface area (Å²) in [5, 5.41) is 13.4. The van der Waals surface area contributed by atoms with E-state index in [-0.39, 0.29) is 17.6 Å². The van der Waals surface area contributed by atoms with Crippen molar-refractivity contribution in [3.05, 3.63) is 69.5 Å². The molecule has 0 aliphatic heterocycles. The van der Waals surface area contributed by atoms with Crippen LogP contribution in [0.25, 0.3) is 6.08 Å². The highest BCUT2D eigenvalue weighted by molar-refractivity contribution is 5.91. The average Bonchev–Trinajstić information content (AvgIpc) is 3.13. The Kier molecular flexibility index (Phi) is 7.11. The molecule has 0 aliphatic rings. The molecule has 1 amide bonds. The van der Waals surface area contributed by atoms with Gasteiger partial charge in [0.05, 0.1) is 6.07 Å². The van der Waals surface area contributed by atoms with E-state index in [0.717, 1.165) is 25.2 Å². The summed E-state index contributed by atoms with van der Waals surface area (Å²) in [6.45, 7) is 7.43. The van der Waals surface area contributed by atoms with Gasteiger partial charge in [0.15, 0.2) is 0 Å². The second-order valence-corrected chi connectivity index (χ2v) is 5.71. The largest absolute Gasteiger partial charge is 0.433 e. The smallest absolute Gasteiger partial charge is 0.401 e. The second-order valence-electron chi connectivity index (χ2n) is 5.71. The van der Waals surface area contributed by atoms with Crippen LogP contribution in [0.4, 0.5) is 5.88 Å². The first-order chi connectivity index (χ1) is 12.5. The molecule has 26 heavy (non-hydrogen) atoms. The number of furan rings is 1. The molecule has 0 saturated heterocycles. The highest BCUT2D eigenvalue weighted by Gasteiger charge is 2.10. The number of nitrogens with zero attached hydrogens (tertiary/aromatic N) is 2. The lowest BCUT2D eigenvalue weighted by molar-refractivity contribution is -0.402. The summed E-state index contributed by atoms with van der Waals surface area (Å²) in [4.78, 5) is 24.2. The van der Waals surface area contributed by atoms with E-state index in [4.69, 9.17) is 4.42 Å². The average molecular weight is 357 g/mol. The van der Waals surface area contributed by atoms with Crippen molar-refractivity contribution < 1.29 is 14.1 Å². The van der Waals surface area contributed by atoms with Crippen LogP contribution < -0.4 is 5.32 Å². The minimum Gasteiger partial charge on any atom is -0.401 e. The summed E-state index contributed by atoms with van der Waals surface area (Å²) in [6, 6.07) is 10.7. The van der Waals surface area contributed by atoms with Gasteiger partial charge >= 0.3 is 5.88 Å². The van der Waals surface area contributed by atoms with Crippen LogP contribution in [-0.4, -0.2) is 28.8 Å². The molecule has 7 heteroatoms. The third kappa shape index (κ3) is 5.56. The lowest BCUT2D eigenvalue weighted by Gasteiger charge is -2.20. The maximum atomic E-state index is 12.0. The van der Waals surface area contributed by atoms with E-state index < -0.39 is 4.92 Å². The molecule has 1 heterocycles. The first-order valence-electron chi connectivity index (χ1n) is 8.52. The van der Waals surface area contributed by atoms with Crippen LogP contribution in [0.5, 0.6) is 0 Å². The molecule has 0 saturated carbocycles. The van der Waals surface area contributed by atoms with Crippen LogP contribution in [0.3, 0.4) is 0 Å². The van der Waals surface area contributed by atoms with Crippen molar-refractivity contribution in [1.82, 2.24) is 10.2 Å². The van der Waals surface area contributed by atoms with E-state index in [1.54, 1.807) is 0 Å². The molecule has 1 aromatic carbocycles. The molecule has 2 aromatic rings. The number of amides is 1. The Hall–Kier alpha value is -2.93. The SMILES string of the molecule is CCN(CC)Cc1ccccc1CNC(=O)/C=C/c1ccc([N+](=O)[O-])o1. The first-order valence-corrected chi connectivity index (χ1v) is 8.52. The molecule has 0 radical (unpaired) electrons. The minimum atomic E-state index is -0.621. The molecule has 0 bridgehead atoms. The summed E-state index contributed by atoms with van der Waals surface area (Å²) < 4.78 is 4.97. The normalized spacial score (nSPS) is 11.2. The fraction of sp³-hybridized carbons (Fsp3) is 0.316. The van der Waals surface area contributed by atoms with E-state index in [2.05, 4.69) is 30.1 Å². The zero-order chi connectivity index (χ0) is 18.9. The monoisotopic (exact) mass is 357 g/mol. The number of hydrogen-bond acceptors (Lipinski definition) is 5. The number of nitrogens with one attached hydrogen (secondary N) is 1. The maximum absolute atomic E-state index is 12.0. The van der Waals surface area contributed by atoms with E-state index in [0.29, 0.717) is 6.54 Å². The predicted octanol–water partition coefficient (Wildman–Crippen LogP) is 3.36. The topological polar surface area (TPSA) is 88.6 Å². The van der Waals surface area contributed by atoms with Gasteiger partial charge in [0.25, 0.3) is 0 Å². The molecule has 0 fully saturated rings. The second kappa shape index (κ2) is 9.53. The van der Waals surface area contributed by atoms with E-state index in [9.17, 15) is 14.9 Å². The molecule has 0 atom stereocenters. The Balaban J connectivity index is 1.94. The number of nitro groups is 1. The van der Waals surface area contributed by atoms with Gasteiger partial charge in [-0.1, -0.05) is 38.1 Å². The molecule has 1 N–H and O–H groups in total. The van der Waals surface area contributed by atoms with Crippen LogP contribution in [0.15, 0.2) is 46.9 Å². The Labute approximate surface area is 152 Å². The van der Waals surface area contributed by atoms with Crippen molar-refractivity contribution in [3.8, 4) is 0 Å². The Bertz CT molecular complexity index is 779. The molecule has 0 unspecified atom stereocenters. The van der Waals surface area contributed by atoms with Crippen LogP contribution >= 0.6 is 0 Å². The number of rotatable bonds is 9. The standard InChI is InChI=1S/C19H23N3O4/c1-3-21(4-2)14-16-8-6-5-7-15(16)13-20-18(23)11-9-17-10-12-19(26-17)22(24)25/h5-12H,3-4,13-14H2,1-2H3,(H,20,23)/b11-9+. The van der Waals surface area contributed by atoms with Gasteiger partial charge in [-0.3, -0.25) is 19.8 Å². The van der Waals surface area contributed by atoms with E-state index in [1.807, 2.05) is 18.2 Å². The van der Waals surface area contributed by atoms with Crippen LogP contribution in [0, 0.1) is 10.1 Å². The third-order valence-corrected chi connectivity index (χ3v) is 4.05. The molecule has 0 spiro atoms. The number of hydrogen-bond donors (Lipinski definition) is 1. The molecule has 138 valence electrons. The van der Waals surface area contributed by atoms with Crippen LogP contribution in [0.1, 0.15) is 30.7 Å². The third-order valence-electron chi connectivity index (χ3n) is 4.05. The zero-order valence-electron chi connectivity index (χ0n) is 15.0. The zero-order valence-corrected chi connectivity index (χ0v) is 15.0. The summed E-state index contributed by atoms with van der Waals surface area (Å²) in [7, 11) is 0. The van der Waals surface area contributed by atoms with Gasteiger partial charge in [0, 0.05) is 19.2 Å². The summed E-state index contributed by atoms with van der Waals surface area (Å²) in [5.41, 5.74) is 2.25. The summed E-state index contributed by atoms with van der Waals surface area (Å²) in [6.07, 6.45) is 2.71. The van der Waals surface area contributed by atoms with E-state index >= 15 is 0 Å². The van der Waals surface area contributed by atoms with E-state index in [1.165, 1.54) is 29.8 Å². The quantitative estimate of drug-likeness (QED) is 0.422. The minimum absolute atomic E-state index is 0.258. The number of carbonyl (C=O) groups excluding carboxylic acids is 1. The van der Waals surface area contributed by atoms with Gasteiger partial charge < -0.3 is 9.73 Å². The van der Waals surface area contributed by atoms with Crippen molar-refractivity contribution >= 4 is 17.9 Å². The number of benzene rings is 1. The van der Waals surface area contributed by atoms with Crippen molar-refractivity contribution in [3.63, 3.8) is 0 Å². The van der Waals surface area contributed by atoms with Gasteiger partial charge in [-0.05, 0) is 36.4 Å². The Morgan fingerprint density at radius 3 is 2.50 bits per heavy atom. The Morgan fingerprint density at radius 2 is 1.88 bits per heavy atom. The van der Waals surface area contributed by atoms with Crippen molar-refractivity contribution in [2.24, 2.45) is 0 Å². The van der Waals surface area contributed by atoms with Gasteiger partial charge in [0.1, 0.15) is 10.7 Å². The van der Waals surface area contributed by atoms with Gasteiger partial charge in [-0.2, -0.15) is 0 Å². The summed E-state index contributed by atoms with van der Waals surface area (Å²) in [5.74, 6) is -0.383. The van der Waals surface area contributed by atoms with Crippen molar-refractivity contribution in [1.29, 1.82) is 0 Å². The molecular weight excluding hydrogens is 334 g/mol. The van der Waals surface area contributed by atoms with Crippen LogP contribution in [0.2, 0.25) is 0 Å². The van der Waals surface area contributed by atoms with Gasteiger partial charge in [0.2, 0.25) is 5.91 Å². The fourth-order valence-electron chi connectivity index (χ4n) is 2.50. The van der Waals surface area contributed by atoms with Gasteiger partial charge in [-0.15, -0.1) is 0 Å². The van der Waals surface area contributed by atoms with Crippen molar-refractivity contribution in [2.45, 2.75) is 26.9 Å². The molecule has 7 nitrogen and oxygen atoms in total. The summed E-state index contributed by atoms with van der Waals surface area (Å²) >= 11 is 0. The fourth-order valence-corrected chi connectivity index (χ4v) is 2.50. The first kappa shape index (κ1) is 19.4. The number of carbonyl (C=O) groups is 1.